The van der Waals surface area contributed by atoms with Gasteiger partial charge < -0.3 is 29.9 Å². The third-order valence-electron chi connectivity index (χ3n) is 6.79. The van der Waals surface area contributed by atoms with Gasteiger partial charge in [0, 0.05) is 18.4 Å². The Morgan fingerprint density at radius 1 is 1.22 bits per heavy atom. The molecule has 2 atom stereocenters. The Bertz CT molecular complexity index is 1480. The van der Waals surface area contributed by atoms with Crippen molar-refractivity contribution in [2.75, 3.05) is 63.9 Å². The summed E-state index contributed by atoms with van der Waals surface area (Å²) < 4.78 is 74.2. The number of hydrogen-bond acceptors (Lipinski definition) is 7. The summed E-state index contributed by atoms with van der Waals surface area (Å²) in [4.78, 5) is 2.22. The SMILES string of the molecule is CN1CCC(Nc2cccc3c(CC(F)(F)F)c(C#CCNc4ccc(P(C)(C)=O)cc4OCCO)sc23)C(F)C1. The van der Waals surface area contributed by atoms with Crippen molar-refractivity contribution in [3.8, 4) is 17.6 Å². The van der Waals surface area contributed by atoms with E-state index in [-0.39, 0.29) is 25.3 Å². The summed E-state index contributed by atoms with van der Waals surface area (Å²) in [6.45, 7) is 4.26. The van der Waals surface area contributed by atoms with E-state index >= 15 is 0 Å². The van der Waals surface area contributed by atoms with E-state index in [4.69, 9.17) is 9.84 Å². The number of benzene rings is 2. The monoisotopic (exact) mass is 611 g/mol. The van der Waals surface area contributed by atoms with Gasteiger partial charge in [0.05, 0.1) is 46.6 Å². The highest BCUT2D eigenvalue weighted by molar-refractivity contribution is 7.70. The van der Waals surface area contributed by atoms with E-state index < -0.39 is 32.0 Å². The van der Waals surface area contributed by atoms with Gasteiger partial charge in [-0.2, -0.15) is 13.2 Å². The van der Waals surface area contributed by atoms with E-state index in [1.807, 2.05) is 11.9 Å². The number of hydrogen-bond donors (Lipinski definition) is 3. The molecule has 1 aliphatic heterocycles. The van der Waals surface area contributed by atoms with Crippen molar-refractivity contribution in [2.45, 2.75) is 31.2 Å². The average Bonchev–Trinajstić information content (AvgIpc) is 3.23. The number of ether oxygens (including phenoxy) is 1. The van der Waals surface area contributed by atoms with E-state index in [0.717, 1.165) is 6.54 Å². The lowest BCUT2D eigenvalue weighted by atomic mass is 10.0. The zero-order valence-electron chi connectivity index (χ0n) is 23.1. The molecule has 222 valence electrons. The molecule has 2 heterocycles. The van der Waals surface area contributed by atoms with E-state index in [1.54, 1.807) is 49.7 Å². The highest BCUT2D eigenvalue weighted by atomic mass is 32.1. The van der Waals surface area contributed by atoms with Crippen molar-refractivity contribution in [2.24, 2.45) is 0 Å². The maximum Gasteiger partial charge on any atom is 0.393 e. The summed E-state index contributed by atoms with van der Waals surface area (Å²) in [5.74, 6) is 6.23. The first-order chi connectivity index (χ1) is 19.4. The molecule has 0 spiro atoms. The second-order valence-corrected chi connectivity index (χ2v) is 14.7. The summed E-state index contributed by atoms with van der Waals surface area (Å²) >= 11 is 1.17. The van der Waals surface area contributed by atoms with Gasteiger partial charge in [-0.05, 0) is 62.0 Å². The van der Waals surface area contributed by atoms with Gasteiger partial charge in [-0.15, -0.1) is 11.3 Å². The molecule has 2 unspecified atom stereocenters. The number of rotatable bonds is 9. The number of fused-ring (bicyclic) bond motifs is 1. The molecule has 0 aliphatic carbocycles. The van der Waals surface area contributed by atoms with Crippen LogP contribution in [0.15, 0.2) is 36.4 Å². The van der Waals surface area contributed by atoms with Crippen LogP contribution in [0.1, 0.15) is 16.9 Å². The van der Waals surface area contributed by atoms with Crippen LogP contribution in [-0.2, 0) is 11.0 Å². The molecular weight excluding hydrogens is 577 g/mol. The molecule has 4 rings (SSSR count). The van der Waals surface area contributed by atoms with Crippen molar-refractivity contribution in [3.05, 3.63) is 46.8 Å². The van der Waals surface area contributed by atoms with Gasteiger partial charge >= 0.3 is 6.18 Å². The maximum atomic E-state index is 14.7. The standard InChI is InChI=1S/C29H34F4N3O3PS/c1-36-13-11-23(22(30)18-36)35-25-7-4-6-20-21(17-29(31,32)33)27(41-28(20)25)8-5-12-34-24-10-9-19(40(2,3)38)16-26(24)39-15-14-37/h4,6-7,9-10,16,22-23,34-35,37H,11-15,17-18H2,1-3H3. The van der Waals surface area contributed by atoms with Crippen LogP contribution in [0.3, 0.4) is 0 Å². The van der Waals surface area contributed by atoms with Crippen molar-refractivity contribution < 1.29 is 32.0 Å². The molecule has 2 aromatic carbocycles. The summed E-state index contributed by atoms with van der Waals surface area (Å²) in [6.07, 6.45) is -6.05. The smallest absolute Gasteiger partial charge is 0.393 e. The first-order valence-electron chi connectivity index (χ1n) is 13.2. The van der Waals surface area contributed by atoms with Crippen LogP contribution < -0.4 is 20.7 Å². The van der Waals surface area contributed by atoms with Crippen molar-refractivity contribution in [1.29, 1.82) is 0 Å². The zero-order valence-corrected chi connectivity index (χ0v) is 24.9. The molecule has 3 N–H and O–H groups in total. The molecule has 1 aliphatic rings. The second kappa shape index (κ2) is 13.0. The van der Waals surface area contributed by atoms with Crippen molar-refractivity contribution in [1.82, 2.24) is 4.90 Å². The fourth-order valence-corrected chi connectivity index (χ4v) is 6.74. The number of piperidine rings is 1. The Morgan fingerprint density at radius 3 is 2.68 bits per heavy atom. The third-order valence-corrected chi connectivity index (χ3v) is 9.50. The predicted octanol–water partition coefficient (Wildman–Crippen LogP) is 5.54. The molecule has 1 aromatic heterocycles. The van der Waals surface area contributed by atoms with Crippen LogP contribution in [0, 0.1) is 11.8 Å². The Kier molecular flexibility index (Phi) is 9.91. The second-order valence-electron chi connectivity index (χ2n) is 10.5. The number of aliphatic hydroxyl groups excluding tert-OH is 1. The normalized spacial score (nSPS) is 18.1. The Labute approximate surface area is 241 Å². The summed E-state index contributed by atoms with van der Waals surface area (Å²) in [7, 11) is -0.686. The number of nitrogens with one attached hydrogen (secondary N) is 2. The van der Waals surface area contributed by atoms with Crippen LogP contribution in [0.25, 0.3) is 10.1 Å². The van der Waals surface area contributed by atoms with Gasteiger partial charge in [-0.25, -0.2) is 4.39 Å². The molecule has 1 fully saturated rings. The van der Waals surface area contributed by atoms with Crippen molar-refractivity contribution in [3.63, 3.8) is 0 Å². The summed E-state index contributed by atoms with van der Waals surface area (Å²) in [5, 5.41) is 16.6. The van der Waals surface area contributed by atoms with Crippen LogP contribution >= 0.6 is 18.5 Å². The number of thiophene rings is 1. The Hall–Kier alpha value is -2.77. The third kappa shape index (κ3) is 8.16. The average molecular weight is 612 g/mol. The highest BCUT2D eigenvalue weighted by Crippen LogP contribution is 2.40. The first kappa shape index (κ1) is 31.2. The lowest BCUT2D eigenvalue weighted by Crippen LogP contribution is -2.46. The molecule has 41 heavy (non-hydrogen) atoms. The van der Waals surface area contributed by atoms with Crippen LogP contribution in [-0.4, -0.2) is 81.6 Å². The highest BCUT2D eigenvalue weighted by Gasteiger charge is 2.32. The van der Waals surface area contributed by atoms with Crippen LogP contribution in [0.5, 0.6) is 5.75 Å². The van der Waals surface area contributed by atoms with Crippen LogP contribution in [0.4, 0.5) is 28.9 Å². The van der Waals surface area contributed by atoms with Gasteiger partial charge in [0.15, 0.2) is 0 Å². The topological polar surface area (TPSA) is 73.8 Å². The van der Waals surface area contributed by atoms with E-state index in [9.17, 15) is 22.1 Å². The predicted molar refractivity (Wildman–Crippen MR) is 159 cm³/mol. The minimum Gasteiger partial charge on any atom is -0.489 e. The number of nitrogens with zero attached hydrogens (tertiary/aromatic N) is 1. The summed E-state index contributed by atoms with van der Waals surface area (Å²) in [5.41, 5.74) is 1.27. The molecular formula is C29H34F4N3O3PS. The largest absolute Gasteiger partial charge is 0.489 e. The molecule has 0 radical (unpaired) electrons. The van der Waals surface area contributed by atoms with E-state index in [0.29, 0.717) is 50.4 Å². The first-order valence-corrected chi connectivity index (χ1v) is 16.6. The molecule has 12 heteroatoms. The Balaban J connectivity index is 1.60. The zero-order chi connectivity index (χ0) is 29.8. The van der Waals surface area contributed by atoms with E-state index in [1.165, 1.54) is 11.3 Å². The molecule has 0 bridgehead atoms. The number of halogens is 4. The van der Waals surface area contributed by atoms with Gasteiger partial charge in [-0.1, -0.05) is 24.0 Å². The minimum absolute atomic E-state index is 0.0429. The molecule has 0 saturated carbocycles. The molecule has 1 saturated heterocycles. The number of aliphatic hydroxyl groups is 1. The molecule has 3 aromatic rings. The minimum atomic E-state index is -4.43. The van der Waals surface area contributed by atoms with Gasteiger partial charge in [-0.3, -0.25) is 0 Å². The lowest BCUT2D eigenvalue weighted by molar-refractivity contribution is -0.126. The van der Waals surface area contributed by atoms with E-state index in [2.05, 4.69) is 22.5 Å². The van der Waals surface area contributed by atoms with Gasteiger partial charge in [0.25, 0.3) is 0 Å². The fraction of sp³-hybridized carbons (Fsp3) is 0.448. The maximum absolute atomic E-state index is 14.7. The van der Waals surface area contributed by atoms with Gasteiger partial charge in [0.2, 0.25) is 0 Å². The summed E-state index contributed by atoms with van der Waals surface area (Å²) in [6, 6.07) is 9.75. The number of alkyl halides is 4. The van der Waals surface area contributed by atoms with Gasteiger partial charge in [0.1, 0.15) is 25.7 Å². The van der Waals surface area contributed by atoms with Crippen LogP contribution in [0.2, 0.25) is 0 Å². The number of likely N-dealkylation sites (tertiary alicyclic amines) is 1. The lowest BCUT2D eigenvalue weighted by Gasteiger charge is -2.33. The number of anilines is 2. The molecule has 0 amide bonds. The quantitative estimate of drug-likeness (QED) is 0.168. The Morgan fingerprint density at radius 2 is 2.00 bits per heavy atom. The fourth-order valence-electron chi connectivity index (χ4n) is 4.71. The van der Waals surface area contributed by atoms with Crippen molar-refractivity contribution >= 4 is 45.2 Å². The molecule has 6 nitrogen and oxygen atoms in total.